The first kappa shape index (κ1) is 20.5. The summed E-state index contributed by atoms with van der Waals surface area (Å²) in [6.45, 7) is 2.92. The number of rotatable bonds is 6. The highest BCUT2D eigenvalue weighted by molar-refractivity contribution is 5.92. The average molecular weight is 419 g/mol. The lowest BCUT2D eigenvalue weighted by atomic mass is 10.1. The summed E-state index contributed by atoms with van der Waals surface area (Å²) in [5.41, 5.74) is 2.46. The number of aryl methyl sites for hydroxylation is 1. The number of carbonyl (C=O) groups is 2. The van der Waals surface area contributed by atoms with E-state index in [-0.39, 0.29) is 17.6 Å². The lowest BCUT2D eigenvalue weighted by Gasteiger charge is -2.25. The molecule has 3 aromatic rings. The van der Waals surface area contributed by atoms with Crippen molar-refractivity contribution >= 4 is 17.6 Å². The molecule has 1 atom stereocenters. The third-order valence-electron chi connectivity index (χ3n) is 5.44. The van der Waals surface area contributed by atoms with Crippen LogP contribution in [0.1, 0.15) is 30.1 Å². The number of anilines is 1. The molecule has 3 amide bonds. The minimum atomic E-state index is -0.408. The van der Waals surface area contributed by atoms with E-state index < -0.39 is 6.03 Å². The van der Waals surface area contributed by atoms with Gasteiger partial charge < -0.3 is 20.5 Å². The summed E-state index contributed by atoms with van der Waals surface area (Å²) in [5, 5.41) is 5.85. The Kier molecular flexibility index (Phi) is 5.88. The molecule has 1 aliphatic rings. The van der Waals surface area contributed by atoms with Crippen LogP contribution in [0.3, 0.4) is 0 Å². The summed E-state index contributed by atoms with van der Waals surface area (Å²) in [4.78, 5) is 41.7. The normalized spacial score (nSPS) is 14.5. The maximum Gasteiger partial charge on any atom is 0.330 e. The molecule has 2 heterocycles. The summed E-state index contributed by atoms with van der Waals surface area (Å²) < 4.78 is 1.51. The topological polar surface area (TPSA) is 99.2 Å². The number of carbonyl (C=O) groups excluding carboxylic acids is 2. The van der Waals surface area contributed by atoms with Crippen LogP contribution >= 0.6 is 0 Å². The molecule has 0 radical (unpaired) electrons. The second-order valence-electron chi connectivity index (χ2n) is 7.59. The Morgan fingerprint density at radius 3 is 2.52 bits per heavy atom. The zero-order valence-corrected chi connectivity index (χ0v) is 17.3. The second-order valence-corrected chi connectivity index (χ2v) is 7.59. The monoisotopic (exact) mass is 419 g/mol. The highest BCUT2D eigenvalue weighted by Gasteiger charge is 2.25. The Morgan fingerprint density at radius 2 is 1.84 bits per heavy atom. The number of aromatic nitrogens is 2. The van der Waals surface area contributed by atoms with Crippen LogP contribution in [0, 0.1) is 6.92 Å². The van der Waals surface area contributed by atoms with Gasteiger partial charge in [-0.05, 0) is 31.0 Å². The number of likely N-dealkylation sites (tertiary alicyclic amines) is 1. The van der Waals surface area contributed by atoms with Crippen LogP contribution in [0.25, 0.3) is 5.69 Å². The van der Waals surface area contributed by atoms with E-state index in [9.17, 15) is 14.4 Å². The van der Waals surface area contributed by atoms with E-state index in [1.807, 2.05) is 43.3 Å². The molecule has 1 aromatic heterocycles. The Hall–Kier alpha value is -3.81. The molecule has 0 bridgehead atoms. The fourth-order valence-corrected chi connectivity index (χ4v) is 3.88. The summed E-state index contributed by atoms with van der Waals surface area (Å²) in [6, 6.07) is 16.0. The van der Waals surface area contributed by atoms with Gasteiger partial charge in [-0.15, -0.1) is 0 Å². The van der Waals surface area contributed by atoms with Crippen molar-refractivity contribution in [3.8, 4) is 5.69 Å². The first-order valence-corrected chi connectivity index (χ1v) is 10.3. The Bertz CT molecular complexity index is 1140. The molecule has 2 aromatic carbocycles. The number of hydrogen-bond acceptors (Lipinski definition) is 3. The Labute approximate surface area is 179 Å². The van der Waals surface area contributed by atoms with Crippen LogP contribution in [0.5, 0.6) is 0 Å². The van der Waals surface area contributed by atoms with E-state index in [2.05, 4.69) is 15.6 Å². The molecule has 1 fully saturated rings. The summed E-state index contributed by atoms with van der Waals surface area (Å²) in [5.74, 6) is 0.107. The minimum absolute atomic E-state index is 0.107. The SMILES string of the molecule is Cc1c[nH]c(=O)n1-c1ccccc1NC(=O)NC(CN1CCCC1=O)c1ccccc1. The minimum Gasteiger partial charge on any atom is -0.340 e. The number of nitrogens with zero attached hydrogens (tertiary/aromatic N) is 2. The first-order valence-electron chi connectivity index (χ1n) is 10.3. The molecule has 8 nitrogen and oxygen atoms in total. The van der Waals surface area contributed by atoms with Gasteiger partial charge in [-0.1, -0.05) is 42.5 Å². The van der Waals surface area contributed by atoms with Crippen molar-refractivity contribution in [2.24, 2.45) is 0 Å². The van der Waals surface area contributed by atoms with Crippen LogP contribution in [0.2, 0.25) is 0 Å². The number of amides is 3. The number of hydrogen-bond donors (Lipinski definition) is 3. The third-order valence-corrected chi connectivity index (χ3v) is 5.44. The van der Waals surface area contributed by atoms with Crippen molar-refractivity contribution in [1.82, 2.24) is 19.8 Å². The van der Waals surface area contributed by atoms with E-state index in [1.54, 1.807) is 29.3 Å². The molecule has 8 heteroatoms. The molecule has 160 valence electrons. The maximum absolute atomic E-state index is 12.9. The van der Waals surface area contributed by atoms with E-state index >= 15 is 0 Å². The molecular weight excluding hydrogens is 394 g/mol. The smallest absolute Gasteiger partial charge is 0.330 e. The lowest BCUT2D eigenvalue weighted by molar-refractivity contribution is -0.128. The number of H-pyrrole nitrogens is 1. The van der Waals surface area contributed by atoms with Crippen LogP contribution in [0.15, 0.2) is 65.6 Å². The zero-order chi connectivity index (χ0) is 21.8. The van der Waals surface area contributed by atoms with Gasteiger partial charge in [0.25, 0.3) is 0 Å². The number of nitrogens with one attached hydrogen (secondary N) is 3. The van der Waals surface area contributed by atoms with Crippen molar-refractivity contribution in [2.75, 3.05) is 18.4 Å². The van der Waals surface area contributed by atoms with Gasteiger partial charge >= 0.3 is 11.7 Å². The van der Waals surface area contributed by atoms with Gasteiger partial charge in [0.2, 0.25) is 5.91 Å². The van der Waals surface area contributed by atoms with E-state index in [0.29, 0.717) is 30.9 Å². The van der Waals surface area contributed by atoms with Gasteiger partial charge in [-0.25, -0.2) is 9.59 Å². The van der Waals surface area contributed by atoms with Gasteiger partial charge in [0.1, 0.15) is 0 Å². The van der Waals surface area contributed by atoms with Crippen LogP contribution in [0.4, 0.5) is 10.5 Å². The van der Waals surface area contributed by atoms with Gasteiger partial charge in [-0.2, -0.15) is 0 Å². The van der Waals surface area contributed by atoms with Crippen LogP contribution < -0.4 is 16.3 Å². The average Bonchev–Trinajstić information content (AvgIpc) is 3.33. The largest absolute Gasteiger partial charge is 0.340 e. The quantitative estimate of drug-likeness (QED) is 0.573. The molecular formula is C23H25N5O3. The molecule has 3 N–H and O–H groups in total. The summed E-state index contributed by atoms with van der Waals surface area (Å²) in [7, 11) is 0. The second kappa shape index (κ2) is 8.91. The predicted octanol–water partition coefficient (Wildman–Crippen LogP) is 2.96. The standard InChI is InChI=1S/C23H25N5O3/c1-16-14-24-23(31)28(16)20-11-6-5-10-18(20)25-22(30)26-19(17-8-3-2-4-9-17)15-27-13-7-12-21(27)29/h2-6,8-11,14,19H,7,12-13,15H2,1H3,(H,24,31)(H2,25,26,30). The molecule has 1 unspecified atom stereocenters. The highest BCUT2D eigenvalue weighted by atomic mass is 16.2. The fourth-order valence-electron chi connectivity index (χ4n) is 3.88. The molecule has 0 saturated carbocycles. The first-order chi connectivity index (χ1) is 15.0. The Morgan fingerprint density at radius 1 is 1.10 bits per heavy atom. The van der Waals surface area contributed by atoms with E-state index in [0.717, 1.165) is 17.7 Å². The predicted molar refractivity (Wildman–Crippen MR) is 118 cm³/mol. The Balaban J connectivity index is 1.55. The van der Waals surface area contributed by atoms with Crippen molar-refractivity contribution in [3.63, 3.8) is 0 Å². The summed E-state index contributed by atoms with van der Waals surface area (Å²) in [6.07, 6.45) is 3.01. The van der Waals surface area contributed by atoms with Crippen molar-refractivity contribution in [1.29, 1.82) is 0 Å². The van der Waals surface area contributed by atoms with E-state index in [4.69, 9.17) is 0 Å². The number of imidazole rings is 1. The van der Waals surface area contributed by atoms with Gasteiger partial charge in [0, 0.05) is 31.4 Å². The van der Waals surface area contributed by atoms with Crippen molar-refractivity contribution < 1.29 is 9.59 Å². The lowest BCUT2D eigenvalue weighted by Crippen LogP contribution is -2.40. The van der Waals surface area contributed by atoms with Gasteiger partial charge in [-0.3, -0.25) is 9.36 Å². The number of urea groups is 1. The van der Waals surface area contributed by atoms with Gasteiger partial charge in [0.15, 0.2) is 0 Å². The molecule has 0 spiro atoms. The van der Waals surface area contributed by atoms with E-state index in [1.165, 1.54) is 4.57 Å². The molecule has 31 heavy (non-hydrogen) atoms. The number of para-hydroxylation sites is 2. The summed E-state index contributed by atoms with van der Waals surface area (Å²) >= 11 is 0. The molecule has 4 rings (SSSR count). The van der Waals surface area contributed by atoms with Crippen molar-refractivity contribution in [2.45, 2.75) is 25.8 Å². The van der Waals surface area contributed by atoms with Gasteiger partial charge in [0.05, 0.1) is 17.4 Å². The van der Waals surface area contributed by atoms with Crippen molar-refractivity contribution in [3.05, 3.63) is 82.5 Å². The molecule has 1 aliphatic heterocycles. The zero-order valence-electron chi connectivity index (χ0n) is 17.3. The number of aromatic amines is 1. The molecule has 1 saturated heterocycles. The molecule has 0 aliphatic carbocycles. The maximum atomic E-state index is 12.9. The van der Waals surface area contributed by atoms with Crippen LogP contribution in [-0.2, 0) is 4.79 Å². The van der Waals surface area contributed by atoms with Crippen LogP contribution in [-0.4, -0.2) is 39.5 Å². The number of benzene rings is 2. The fraction of sp³-hybridized carbons (Fsp3) is 0.261. The highest BCUT2D eigenvalue weighted by Crippen LogP contribution is 2.22. The third kappa shape index (κ3) is 4.53.